The molecule has 0 bridgehead atoms. The maximum Gasteiger partial charge on any atom is 0.220 e. The molecule has 1 aliphatic heterocycles. The number of nitrogens with one attached hydrogen (secondary N) is 1. The van der Waals surface area contributed by atoms with E-state index in [1.807, 2.05) is 36.4 Å². The van der Waals surface area contributed by atoms with E-state index >= 15 is 0 Å². The van der Waals surface area contributed by atoms with Crippen molar-refractivity contribution in [3.05, 3.63) is 63.1 Å². The number of halogens is 2. The fraction of sp³-hybridized carbons (Fsp3) is 0.278. The molecule has 0 aromatic heterocycles. The Morgan fingerprint density at radius 1 is 1.09 bits per heavy atom. The van der Waals surface area contributed by atoms with Crippen LogP contribution >= 0.6 is 23.2 Å². The molecule has 0 saturated carbocycles. The molecule has 3 N–H and O–H groups in total. The quantitative estimate of drug-likeness (QED) is 0.756. The minimum absolute atomic E-state index is 0.0467. The molecule has 0 radical (unpaired) electrons. The van der Waals surface area contributed by atoms with Gasteiger partial charge in [-0.2, -0.15) is 0 Å². The van der Waals surface area contributed by atoms with Crippen LogP contribution in [0.15, 0.2) is 36.4 Å². The van der Waals surface area contributed by atoms with Gasteiger partial charge in [0.2, 0.25) is 5.91 Å². The molecule has 0 spiro atoms. The third-order valence-electron chi connectivity index (χ3n) is 4.98. The monoisotopic (exact) mass is 346 g/mol. The van der Waals surface area contributed by atoms with Crippen LogP contribution in [0, 0.1) is 5.92 Å². The van der Waals surface area contributed by atoms with E-state index in [0.29, 0.717) is 28.1 Å². The maximum absolute atomic E-state index is 11.8. The Morgan fingerprint density at radius 3 is 2.70 bits per heavy atom. The number of amides is 1. The van der Waals surface area contributed by atoms with Crippen LogP contribution in [0.5, 0.6) is 0 Å². The highest BCUT2D eigenvalue weighted by atomic mass is 35.5. The summed E-state index contributed by atoms with van der Waals surface area (Å²) in [6, 6.07) is 11.8. The van der Waals surface area contributed by atoms with Gasteiger partial charge in [0.15, 0.2) is 0 Å². The number of benzene rings is 2. The minimum atomic E-state index is 0.0467. The molecule has 23 heavy (non-hydrogen) atoms. The highest BCUT2D eigenvalue weighted by Crippen LogP contribution is 2.52. The first-order valence-corrected chi connectivity index (χ1v) is 8.44. The summed E-state index contributed by atoms with van der Waals surface area (Å²) < 4.78 is 0. The second-order valence-corrected chi connectivity index (χ2v) is 7.12. The van der Waals surface area contributed by atoms with Crippen molar-refractivity contribution in [2.45, 2.75) is 24.8 Å². The minimum Gasteiger partial charge on any atom is -0.398 e. The van der Waals surface area contributed by atoms with Crippen molar-refractivity contribution < 1.29 is 4.79 Å². The van der Waals surface area contributed by atoms with Crippen molar-refractivity contribution in [2.75, 3.05) is 5.73 Å². The summed E-state index contributed by atoms with van der Waals surface area (Å²) in [4.78, 5) is 11.8. The van der Waals surface area contributed by atoms with E-state index in [1.54, 1.807) is 0 Å². The topological polar surface area (TPSA) is 55.1 Å². The number of carbonyl (C=O) groups is 1. The lowest BCUT2D eigenvalue weighted by Crippen LogP contribution is -2.37. The van der Waals surface area contributed by atoms with Gasteiger partial charge in [-0.15, -0.1) is 0 Å². The SMILES string of the molecule is Nc1cc(C2c3cc(Cl)ccc3C3NC(=O)CCC32)ccc1Cl. The Balaban J connectivity index is 1.86. The zero-order valence-electron chi connectivity index (χ0n) is 12.4. The Bertz CT molecular complexity index is 806. The molecule has 1 amide bonds. The number of piperidine rings is 1. The van der Waals surface area contributed by atoms with Crippen molar-refractivity contribution in [2.24, 2.45) is 5.92 Å². The zero-order chi connectivity index (χ0) is 16.1. The van der Waals surface area contributed by atoms with E-state index in [0.717, 1.165) is 17.5 Å². The number of nitrogens with two attached hydrogens (primary N) is 1. The maximum atomic E-state index is 11.8. The average Bonchev–Trinajstić information content (AvgIpc) is 2.83. The number of carbonyl (C=O) groups excluding carboxylic acids is 1. The predicted molar refractivity (Wildman–Crippen MR) is 92.8 cm³/mol. The first kappa shape index (κ1) is 14.9. The van der Waals surface area contributed by atoms with Crippen LogP contribution in [0.3, 0.4) is 0 Å². The molecule has 3 nitrogen and oxygen atoms in total. The van der Waals surface area contributed by atoms with E-state index in [9.17, 15) is 4.79 Å². The molecule has 118 valence electrons. The van der Waals surface area contributed by atoms with Crippen LogP contribution < -0.4 is 11.1 Å². The normalized spacial score (nSPS) is 25.7. The van der Waals surface area contributed by atoms with Crippen molar-refractivity contribution in [3.63, 3.8) is 0 Å². The molecule has 5 heteroatoms. The zero-order valence-corrected chi connectivity index (χ0v) is 13.9. The first-order chi connectivity index (χ1) is 11.0. The fourth-order valence-electron chi connectivity index (χ4n) is 4.00. The van der Waals surface area contributed by atoms with Crippen LogP contribution in [0.1, 0.15) is 41.5 Å². The molecule has 1 aliphatic carbocycles. The van der Waals surface area contributed by atoms with Crippen molar-refractivity contribution in [3.8, 4) is 0 Å². The van der Waals surface area contributed by atoms with Gasteiger partial charge in [0.25, 0.3) is 0 Å². The van der Waals surface area contributed by atoms with Gasteiger partial charge in [-0.25, -0.2) is 0 Å². The second kappa shape index (κ2) is 5.43. The molecule has 1 saturated heterocycles. The van der Waals surface area contributed by atoms with Crippen LogP contribution in [-0.2, 0) is 4.79 Å². The highest BCUT2D eigenvalue weighted by Gasteiger charge is 2.44. The van der Waals surface area contributed by atoms with Crippen LogP contribution in [-0.4, -0.2) is 5.91 Å². The van der Waals surface area contributed by atoms with Crippen LogP contribution in [0.4, 0.5) is 5.69 Å². The molecule has 1 heterocycles. The fourth-order valence-corrected chi connectivity index (χ4v) is 4.29. The summed E-state index contributed by atoms with van der Waals surface area (Å²) in [5.74, 6) is 0.610. The number of rotatable bonds is 1. The molecule has 2 aliphatic rings. The van der Waals surface area contributed by atoms with Gasteiger partial charge in [-0.1, -0.05) is 35.3 Å². The second-order valence-electron chi connectivity index (χ2n) is 6.28. The number of hydrogen-bond acceptors (Lipinski definition) is 2. The van der Waals surface area contributed by atoms with Crippen molar-refractivity contribution in [1.82, 2.24) is 5.32 Å². The summed E-state index contributed by atoms with van der Waals surface area (Å²) in [5, 5.41) is 4.41. The lowest BCUT2D eigenvalue weighted by Gasteiger charge is -2.30. The molecule has 4 rings (SSSR count). The van der Waals surface area contributed by atoms with Gasteiger partial charge in [0.1, 0.15) is 0 Å². The standard InChI is InChI=1S/C18H16Cl2N2O/c19-10-2-3-11-13(8-10)17(9-1-5-14(20)15(21)7-9)12-4-6-16(23)22-18(11)12/h1-3,5,7-8,12,17-18H,4,6,21H2,(H,22,23). The van der Waals surface area contributed by atoms with E-state index in [2.05, 4.69) is 5.32 Å². The molecular formula is C18H16Cl2N2O. The summed E-state index contributed by atoms with van der Waals surface area (Å²) in [7, 11) is 0. The van der Waals surface area contributed by atoms with E-state index < -0.39 is 0 Å². The van der Waals surface area contributed by atoms with E-state index in [-0.39, 0.29) is 17.9 Å². The van der Waals surface area contributed by atoms with Gasteiger partial charge >= 0.3 is 0 Å². The molecule has 2 aromatic carbocycles. The highest BCUT2D eigenvalue weighted by molar-refractivity contribution is 6.33. The Hall–Kier alpha value is -1.71. The van der Waals surface area contributed by atoms with Gasteiger partial charge in [0, 0.05) is 17.4 Å². The molecule has 2 aromatic rings. The Kier molecular flexibility index (Phi) is 3.51. The smallest absolute Gasteiger partial charge is 0.220 e. The number of nitrogen functional groups attached to an aromatic ring is 1. The van der Waals surface area contributed by atoms with Gasteiger partial charge in [-0.3, -0.25) is 4.79 Å². The van der Waals surface area contributed by atoms with Gasteiger partial charge < -0.3 is 11.1 Å². The summed E-state index contributed by atoms with van der Waals surface area (Å²) in [6.07, 6.45) is 1.42. The lowest BCUT2D eigenvalue weighted by molar-refractivity contribution is -0.124. The summed E-state index contributed by atoms with van der Waals surface area (Å²) in [5.41, 5.74) is 10.0. The molecule has 1 fully saturated rings. The molecule has 3 atom stereocenters. The van der Waals surface area contributed by atoms with Crippen LogP contribution in [0.2, 0.25) is 10.0 Å². The summed E-state index contributed by atoms with van der Waals surface area (Å²) >= 11 is 12.3. The number of hydrogen-bond donors (Lipinski definition) is 2. The molecule has 3 unspecified atom stereocenters. The van der Waals surface area contributed by atoms with Gasteiger partial charge in [-0.05, 0) is 53.3 Å². The number of fused-ring (bicyclic) bond motifs is 3. The Morgan fingerprint density at radius 2 is 1.91 bits per heavy atom. The third-order valence-corrected chi connectivity index (χ3v) is 5.55. The first-order valence-electron chi connectivity index (χ1n) is 7.68. The van der Waals surface area contributed by atoms with Crippen LogP contribution in [0.25, 0.3) is 0 Å². The van der Waals surface area contributed by atoms with E-state index in [1.165, 1.54) is 5.56 Å². The Labute approximate surface area is 144 Å². The van der Waals surface area contributed by atoms with Crippen molar-refractivity contribution >= 4 is 34.8 Å². The van der Waals surface area contributed by atoms with Crippen molar-refractivity contribution in [1.29, 1.82) is 0 Å². The third kappa shape index (κ3) is 2.39. The summed E-state index contributed by atoms with van der Waals surface area (Å²) in [6.45, 7) is 0. The average molecular weight is 347 g/mol. The lowest BCUT2D eigenvalue weighted by atomic mass is 9.80. The predicted octanol–water partition coefficient (Wildman–Crippen LogP) is 4.29. The largest absolute Gasteiger partial charge is 0.398 e. The molecular weight excluding hydrogens is 331 g/mol. The number of anilines is 1. The van der Waals surface area contributed by atoms with E-state index in [4.69, 9.17) is 28.9 Å². The van der Waals surface area contributed by atoms with Gasteiger partial charge in [0.05, 0.1) is 16.8 Å².